The quantitative estimate of drug-likeness (QED) is 0.307. The van der Waals surface area contributed by atoms with Crippen molar-refractivity contribution in [2.45, 2.75) is 89.6 Å². The van der Waals surface area contributed by atoms with Gasteiger partial charge in [-0.2, -0.15) is 0 Å². The molecule has 29 heavy (non-hydrogen) atoms. The van der Waals surface area contributed by atoms with Crippen LogP contribution < -0.4 is 0 Å². The van der Waals surface area contributed by atoms with Gasteiger partial charge in [-0.15, -0.1) is 0 Å². The van der Waals surface area contributed by atoms with Crippen LogP contribution in [0, 0.1) is 29.6 Å². The summed E-state index contributed by atoms with van der Waals surface area (Å²) in [7, 11) is 0. The summed E-state index contributed by atoms with van der Waals surface area (Å²) in [4.78, 5) is 13.1. The first-order chi connectivity index (χ1) is 13.6. The van der Waals surface area contributed by atoms with Gasteiger partial charge in [-0.05, 0) is 50.5 Å². The Morgan fingerprint density at radius 1 is 1.14 bits per heavy atom. The van der Waals surface area contributed by atoms with E-state index in [0.717, 1.165) is 0 Å². The molecule has 6 nitrogen and oxygen atoms in total. The smallest absolute Gasteiger partial charge is 0.164 e. The van der Waals surface area contributed by atoms with E-state index in [1.54, 1.807) is 6.92 Å². The molecule has 0 aliphatic heterocycles. The summed E-state index contributed by atoms with van der Waals surface area (Å²) in [5.41, 5.74) is -0.974. The minimum absolute atomic E-state index is 0.0736. The van der Waals surface area contributed by atoms with Gasteiger partial charge in [0.2, 0.25) is 0 Å². The number of ketones is 1. The van der Waals surface area contributed by atoms with Crippen LogP contribution in [-0.2, 0) is 4.79 Å². The van der Waals surface area contributed by atoms with Gasteiger partial charge >= 0.3 is 0 Å². The second-order valence-corrected chi connectivity index (χ2v) is 9.35. The molecule has 5 N–H and O–H groups in total. The van der Waals surface area contributed by atoms with Crippen LogP contribution in [-0.4, -0.2) is 61.8 Å². The van der Waals surface area contributed by atoms with E-state index in [1.807, 2.05) is 13.8 Å². The molecule has 0 bridgehead atoms. The Morgan fingerprint density at radius 3 is 2.34 bits per heavy atom. The number of aliphatic hydroxyl groups is 5. The first kappa shape index (κ1) is 24.5. The van der Waals surface area contributed by atoms with Crippen LogP contribution in [0.4, 0.5) is 0 Å². The Bertz CT molecular complexity index is 574. The average molecular weight is 413 g/mol. The molecule has 168 valence electrons. The molecule has 2 rings (SSSR count). The van der Waals surface area contributed by atoms with Crippen molar-refractivity contribution in [2.75, 3.05) is 6.61 Å². The van der Waals surface area contributed by atoms with E-state index >= 15 is 0 Å². The number of carbonyl (C=O) groups excluding carboxylic acids is 1. The highest BCUT2D eigenvalue weighted by molar-refractivity contribution is 5.98. The Kier molecular flexibility index (Phi) is 8.45. The topological polar surface area (TPSA) is 118 Å². The van der Waals surface area contributed by atoms with E-state index in [4.69, 9.17) is 5.11 Å². The van der Waals surface area contributed by atoms with Crippen LogP contribution in [0.15, 0.2) is 12.2 Å². The van der Waals surface area contributed by atoms with Gasteiger partial charge in [-0.1, -0.05) is 33.3 Å². The summed E-state index contributed by atoms with van der Waals surface area (Å²) in [6.07, 6.45) is 1.26. The fourth-order valence-electron chi connectivity index (χ4n) is 6.04. The molecule has 0 aromatic carbocycles. The van der Waals surface area contributed by atoms with E-state index < -0.39 is 35.7 Å². The zero-order valence-electron chi connectivity index (χ0n) is 18.1. The zero-order chi connectivity index (χ0) is 21.9. The minimum atomic E-state index is -1.31. The normalized spacial score (nSPS) is 42.1. The number of hydrogen-bond acceptors (Lipinski definition) is 6. The number of hydrogen-bond donors (Lipinski definition) is 5. The largest absolute Gasteiger partial charge is 0.396 e. The van der Waals surface area contributed by atoms with Gasteiger partial charge in [0.15, 0.2) is 5.78 Å². The summed E-state index contributed by atoms with van der Waals surface area (Å²) >= 11 is 0. The lowest BCUT2D eigenvalue weighted by Crippen LogP contribution is -2.61. The molecule has 0 radical (unpaired) electrons. The second kappa shape index (κ2) is 10.0. The summed E-state index contributed by atoms with van der Waals surface area (Å²) in [6.45, 7) is 9.53. The molecule has 6 heteroatoms. The molecule has 9 atom stereocenters. The highest BCUT2D eigenvalue weighted by atomic mass is 16.3. The Balaban J connectivity index is 2.24. The highest BCUT2D eigenvalue weighted by Gasteiger charge is 2.55. The number of rotatable bonds is 8. The molecule has 2 fully saturated rings. The van der Waals surface area contributed by atoms with Crippen LogP contribution >= 0.6 is 0 Å². The van der Waals surface area contributed by atoms with Gasteiger partial charge in [-0.3, -0.25) is 4.79 Å². The summed E-state index contributed by atoms with van der Waals surface area (Å²) in [5, 5.41) is 52.8. The predicted molar refractivity (Wildman–Crippen MR) is 111 cm³/mol. The lowest BCUT2D eigenvalue weighted by atomic mass is 9.57. The molecule has 0 heterocycles. The van der Waals surface area contributed by atoms with Crippen molar-refractivity contribution in [1.29, 1.82) is 0 Å². The van der Waals surface area contributed by atoms with Gasteiger partial charge in [0, 0.05) is 24.4 Å². The van der Waals surface area contributed by atoms with Crippen LogP contribution in [0.25, 0.3) is 0 Å². The number of Topliss-reactive ketones (excluding diaryl/α,β-unsaturated/α-hetero) is 1. The van der Waals surface area contributed by atoms with Crippen LogP contribution in [0.3, 0.4) is 0 Å². The monoisotopic (exact) mass is 412 g/mol. The van der Waals surface area contributed by atoms with E-state index in [-0.39, 0.29) is 36.6 Å². The fraction of sp³-hybridized carbons (Fsp3) is 0.870. The summed E-state index contributed by atoms with van der Waals surface area (Å²) in [5.74, 6) is -2.43. The van der Waals surface area contributed by atoms with Crippen molar-refractivity contribution in [2.24, 2.45) is 29.6 Å². The number of carbonyl (C=O) groups is 1. The molecule has 8 unspecified atom stereocenters. The first-order valence-electron chi connectivity index (χ1n) is 11.2. The second-order valence-electron chi connectivity index (χ2n) is 9.35. The molecule has 0 aromatic heterocycles. The third-order valence-corrected chi connectivity index (χ3v) is 7.67. The highest BCUT2D eigenvalue weighted by Crippen LogP contribution is 2.49. The van der Waals surface area contributed by atoms with E-state index in [2.05, 4.69) is 6.58 Å². The molecule has 0 spiro atoms. The molecular weight excluding hydrogens is 372 g/mol. The van der Waals surface area contributed by atoms with Crippen molar-refractivity contribution < 1.29 is 30.3 Å². The van der Waals surface area contributed by atoms with Gasteiger partial charge in [0.25, 0.3) is 0 Å². The fourth-order valence-corrected chi connectivity index (χ4v) is 6.04. The number of unbranched alkanes of at least 4 members (excludes halogenated alkanes) is 1. The maximum atomic E-state index is 13.1. The summed E-state index contributed by atoms with van der Waals surface area (Å²) < 4.78 is 0. The molecule has 2 aliphatic carbocycles. The van der Waals surface area contributed by atoms with Crippen molar-refractivity contribution in [1.82, 2.24) is 0 Å². The standard InChI is InChI=1S/C23H40O6/c1-5-14-11-19(26)17(6-2)23(4,29)20(14)22(28)16-12-18(25)15(9-7-8-10-24)13(3)21(16)27/h14-20,22,24-26,28-29H,3,5-12H2,1-2,4H3/t14?,15?,16?,17?,18-,19?,20?,22?,23?/m0/s1. The molecule has 0 aromatic rings. The third kappa shape index (κ3) is 4.77. The lowest BCUT2D eigenvalue weighted by molar-refractivity contribution is -0.192. The van der Waals surface area contributed by atoms with Crippen molar-refractivity contribution >= 4 is 5.78 Å². The minimum Gasteiger partial charge on any atom is -0.396 e. The van der Waals surface area contributed by atoms with E-state index in [0.29, 0.717) is 44.1 Å². The van der Waals surface area contributed by atoms with Gasteiger partial charge in [-0.25, -0.2) is 0 Å². The van der Waals surface area contributed by atoms with Gasteiger partial charge in [0.05, 0.1) is 29.8 Å². The van der Waals surface area contributed by atoms with Crippen molar-refractivity contribution in [3.63, 3.8) is 0 Å². The number of aliphatic hydroxyl groups excluding tert-OH is 4. The van der Waals surface area contributed by atoms with Crippen LogP contribution in [0.5, 0.6) is 0 Å². The maximum absolute atomic E-state index is 13.1. The molecule has 2 aliphatic rings. The van der Waals surface area contributed by atoms with Crippen LogP contribution in [0.2, 0.25) is 0 Å². The van der Waals surface area contributed by atoms with Crippen molar-refractivity contribution in [3.8, 4) is 0 Å². The summed E-state index contributed by atoms with van der Waals surface area (Å²) in [6, 6.07) is 0. The Morgan fingerprint density at radius 2 is 1.79 bits per heavy atom. The average Bonchev–Trinajstić information content (AvgIpc) is 2.66. The van der Waals surface area contributed by atoms with Crippen molar-refractivity contribution in [3.05, 3.63) is 12.2 Å². The SMILES string of the molecule is C=C1C(=O)C(C(O)C2C(CC)CC(O)C(CC)C2(C)O)C[C@H](O)C1CCCCO. The van der Waals surface area contributed by atoms with E-state index in [9.17, 15) is 25.2 Å². The maximum Gasteiger partial charge on any atom is 0.164 e. The Labute approximate surface area is 174 Å². The van der Waals surface area contributed by atoms with Crippen LogP contribution in [0.1, 0.15) is 65.7 Å². The molecule has 0 amide bonds. The predicted octanol–water partition coefficient (Wildman–Crippen LogP) is 1.82. The Hall–Kier alpha value is -0.790. The third-order valence-electron chi connectivity index (χ3n) is 7.67. The van der Waals surface area contributed by atoms with Gasteiger partial charge in [0.1, 0.15) is 0 Å². The first-order valence-corrected chi connectivity index (χ1v) is 11.2. The molecule has 2 saturated carbocycles. The van der Waals surface area contributed by atoms with Gasteiger partial charge < -0.3 is 25.5 Å². The molecule has 0 saturated heterocycles. The lowest BCUT2D eigenvalue weighted by Gasteiger charge is -2.53. The van der Waals surface area contributed by atoms with E-state index in [1.165, 1.54) is 0 Å². The molecular formula is C23H40O6. The zero-order valence-corrected chi connectivity index (χ0v) is 18.1.